The molecule has 4 N–H and O–H groups in total. The highest BCUT2D eigenvalue weighted by Gasteiger charge is 2.34. The third kappa shape index (κ3) is 15.1. The zero-order valence-electron chi connectivity index (χ0n) is 36.3. The number of carbonyl (C=O) groups excluding carboxylic acids is 7. The van der Waals surface area contributed by atoms with Crippen LogP contribution in [-0.4, -0.2) is 112 Å². The molecule has 0 spiro atoms. The van der Waals surface area contributed by atoms with Crippen molar-refractivity contribution in [1.82, 2.24) is 21.0 Å². The number of rotatable bonds is 28. The lowest BCUT2D eigenvalue weighted by Gasteiger charge is -2.32. The molecule has 20 nitrogen and oxygen atoms in total. The average molecular weight is 893 g/mol. The zero-order valence-corrected chi connectivity index (χ0v) is 36.3. The number of carboxylic acid groups (broad SMARTS) is 1. The first-order valence-electron chi connectivity index (χ1n) is 20.4. The van der Waals surface area contributed by atoms with Gasteiger partial charge in [0.15, 0.2) is 12.4 Å². The molecule has 0 saturated carbocycles. The van der Waals surface area contributed by atoms with Gasteiger partial charge in [0, 0.05) is 11.6 Å². The van der Waals surface area contributed by atoms with Crippen molar-refractivity contribution in [1.29, 1.82) is 0 Å². The molecule has 0 saturated heterocycles. The van der Waals surface area contributed by atoms with Gasteiger partial charge in [-0.25, -0.2) is 14.4 Å². The highest BCUT2D eigenvalue weighted by molar-refractivity contribution is 6.06. The molecule has 21 heteroatoms. The van der Waals surface area contributed by atoms with Gasteiger partial charge in [-0.1, -0.05) is 52.5 Å². The highest BCUT2D eigenvalue weighted by Crippen LogP contribution is 2.30. The van der Waals surface area contributed by atoms with Crippen LogP contribution in [0.1, 0.15) is 103 Å². The Labute approximate surface area is 371 Å². The average Bonchev–Trinajstić information content (AvgIpc) is 3.80. The summed E-state index contributed by atoms with van der Waals surface area (Å²) in [5, 5.41) is 17.7. The summed E-state index contributed by atoms with van der Waals surface area (Å²) in [6.45, 7) is 4.41. The van der Waals surface area contributed by atoms with Gasteiger partial charge in [-0.15, -0.1) is 0 Å². The van der Waals surface area contributed by atoms with Crippen LogP contribution < -0.4 is 30.2 Å². The molecule has 0 fully saturated rings. The molecule has 344 valence electrons. The third-order valence-corrected chi connectivity index (χ3v) is 9.62. The second kappa shape index (κ2) is 26.4. The number of amides is 4. The van der Waals surface area contributed by atoms with E-state index >= 15 is 0 Å². The topological polar surface area (TPSA) is 265 Å². The molecule has 3 aromatic rings. The van der Waals surface area contributed by atoms with Crippen molar-refractivity contribution in [3.63, 3.8) is 0 Å². The number of ether oxygens (including phenoxy) is 4. The van der Waals surface area contributed by atoms with Gasteiger partial charge >= 0.3 is 26.0 Å². The van der Waals surface area contributed by atoms with E-state index in [0.717, 1.165) is 17.9 Å². The summed E-state index contributed by atoms with van der Waals surface area (Å²) in [4.78, 5) is 107. The number of hydrogen-bond donors (Lipinski definition) is 4. The molecule has 0 bridgehead atoms. The van der Waals surface area contributed by atoms with Crippen LogP contribution in [0.25, 0.3) is 11.3 Å². The van der Waals surface area contributed by atoms with Crippen LogP contribution in [0.2, 0.25) is 0 Å². The van der Waals surface area contributed by atoms with E-state index in [4.69, 9.17) is 36.3 Å². The van der Waals surface area contributed by atoms with E-state index in [1.54, 1.807) is 6.92 Å². The molecule has 0 unspecified atom stereocenters. The summed E-state index contributed by atoms with van der Waals surface area (Å²) < 4.78 is 30.9. The van der Waals surface area contributed by atoms with Crippen LogP contribution >= 0.6 is 0 Å². The standard InChI is InChI=1S/C43H53BN4O16/c1-6-9-11-12-28(32(8-3)48(25-49)64-42(56)30-16-14-27(58-4)21-35(30)59-5)39(53)45-24-46-41(55)34-18-17-33(62-34)26-13-15-29(36(20-26)61-23-37(50)51)40(54)47-31(22-38(52)63-44)43(57)60-19-10-7-2/h13-18,20-21,25,28,31-32H,6-12,19,22-24H2,1-5H3,(H,45,53)(H,46,55)(H,47,54)(H,50,51)/t28-,31+,32-/m1/s1. The lowest BCUT2D eigenvalue weighted by Crippen LogP contribution is -2.49. The van der Waals surface area contributed by atoms with Gasteiger partial charge in [-0.3, -0.25) is 24.0 Å². The number of carbonyl (C=O) groups is 8. The van der Waals surface area contributed by atoms with E-state index in [2.05, 4.69) is 20.6 Å². The van der Waals surface area contributed by atoms with E-state index in [0.29, 0.717) is 37.8 Å². The van der Waals surface area contributed by atoms with Crippen molar-refractivity contribution < 1.29 is 76.3 Å². The van der Waals surface area contributed by atoms with E-state index in [1.165, 1.54) is 62.8 Å². The van der Waals surface area contributed by atoms with Gasteiger partial charge in [-0.2, -0.15) is 5.06 Å². The Bertz CT molecular complexity index is 2090. The molecule has 0 aliphatic heterocycles. The summed E-state index contributed by atoms with van der Waals surface area (Å²) >= 11 is 0. The lowest BCUT2D eigenvalue weighted by atomic mass is 9.90. The Kier molecular flexibility index (Phi) is 21.2. The maximum atomic E-state index is 13.7. The molecule has 0 aliphatic rings. The van der Waals surface area contributed by atoms with Crippen LogP contribution in [0.4, 0.5) is 0 Å². The van der Waals surface area contributed by atoms with Crippen LogP contribution in [0.5, 0.6) is 17.2 Å². The van der Waals surface area contributed by atoms with E-state index in [-0.39, 0.29) is 59.4 Å². The Balaban J connectivity index is 1.75. The molecular formula is C43H53BN4O16. The molecule has 2 radical (unpaired) electrons. The van der Waals surface area contributed by atoms with Crippen molar-refractivity contribution >= 4 is 56.1 Å². The molecule has 1 heterocycles. The Morgan fingerprint density at radius 3 is 2.23 bits per heavy atom. The van der Waals surface area contributed by atoms with E-state index in [1.807, 2.05) is 13.8 Å². The maximum absolute atomic E-state index is 13.7. The van der Waals surface area contributed by atoms with Crippen LogP contribution in [-0.2, 0) is 38.2 Å². The van der Waals surface area contributed by atoms with Crippen LogP contribution in [0, 0.1) is 5.92 Å². The predicted molar refractivity (Wildman–Crippen MR) is 226 cm³/mol. The van der Waals surface area contributed by atoms with Crippen molar-refractivity contribution in [2.75, 3.05) is 34.1 Å². The number of hydrogen-bond acceptors (Lipinski definition) is 15. The van der Waals surface area contributed by atoms with E-state index in [9.17, 15) is 43.5 Å². The lowest BCUT2D eigenvalue weighted by molar-refractivity contribution is -0.171. The molecule has 3 rings (SSSR count). The van der Waals surface area contributed by atoms with Gasteiger partial charge in [-0.05, 0) is 55.7 Å². The Morgan fingerprint density at radius 2 is 1.59 bits per heavy atom. The van der Waals surface area contributed by atoms with Crippen molar-refractivity contribution in [2.45, 2.75) is 84.2 Å². The van der Waals surface area contributed by atoms with Crippen LogP contribution in [0.15, 0.2) is 52.9 Å². The molecule has 64 heavy (non-hydrogen) atoms. The minimum absolute atomic E-state index is 0.0222. The number of nitrogens with zero attached hydrogens (tertiary/aromatic N) is 1. The van der Waals surface area contributed by atoms with E-state index < -0.39 is 72.6 Å². The molecule has 3 atom stereocenters. The fraction of sp³-hybridized carbons (Fsp3) is 0.442. The number of nitrogens with one attached hydrogen (secondary N) is 3. The molecule has 0 aliphatic carbocycles. The first-order chi connectivity index (χ1) is 30.7. The largest absolute Gasteiger partial charge is 0.543 e. The summed E-state index contributed by atoms with van der Waals surface area (Å²) in [6, 6.07) is 8.75. The number of benzene rings is 2. The summed E-state index contributed by atoms with van der Waals surface area (Å²) in [5.41, 5.74) is 0.0507. The fourth-order valence-corrected chi connectivity index (χ4v) is 6.26. The zero-order chi connectivity index (χ0) is 47.2. The number of methoxy groups -OCH3 is 2. The monoisotopic (exact) mass is 892 g/mol. The minimum atomic E-state index is -1.50. The van der Waals surface area contributed by atoms with Gasteiger partial charge in [0.05, 0.1) is 51.4 Å². The minimum Gasteiger partial charge on any atom is -0.543 e. The van der Waals surface area contributed by atoms with Crippen molar-refractivity contribution in [3.05, 3.63) is 65.4 Å². The third-order valence-electron chi connectivity index (χ3n) is 9.62. The number of aliphatic carboxylic acids is 1. The first kappa shape index (κ1) is 51.3. The normalized spacial score (nSPS) is 12.0. The molecular weight excluding hydrogens is 839 g/mol. The SMILES string of the molecule is [B]OC(=O)C[C@H](NC(=O)c1ccc(-c2ccc(C(=O)NCNC(=O)[C@H](CCCCC)[C@@H](CC)N(C=O)OC(=O)c3ccc(OC)cc3OC)o2)cc1OCC(=O)O)C(=O)OCCCC. The van der Waals surface area contributed by atoms with Gasteiger partial charge in [0.2, 0.25) is 12.3 Å². The molecule has 2 aromatic carbocycles. The van der Waals surface area contributed by atoms with Gasteiger partial charge in [0.25, 0.3) is 17.8 Å². The summed E-state index contributed by atoms with van der Waals surface area (Å²) in [6.07, 6.45) is 3.72. The highest BCUT2D eigenvalue weighted by atomic mass is 16.7. The Morgan fingerprint density at radius 1 is 0.859 bits per heavy atom. The molecule has 4 amide bonds. The van der Waals surface area contributed by atoms with Crippen LogP contribution in [0.3, 0.4) is 0 Å². The fourth-order valence-electron chi connectivity index (χ4n) is 6.26. The first-order valence-corrected chi connectivity index (χ1v) is 20.4. The number of unbranched alkanes of at least 4 members (excludes halogenated alkanes) is 3. The second-order valence-corrected chi connectivity index (χ2v) is 14.0. The molecule has 1 aromatic heterocycles. The summed E-state index contributed by atoms with van der Waals surface area (Å²) in [7, 11) is 7.74. The van der Waals surface area contributed by atoms with Gasteiger partial charge < -0.3 is 53.9 Å². The number of furan rings is 1. The van der Waals surface area contributed by atoms with Gasteiger partial charge in [0.1, 0.15) is 34.6 Å². The summed E-state index contributed by atoms with van der Waals surface area (Å²) in [5.74, 6) is -6.99. The second-order valence-electron chi connectivity index (χ2n) is 14.0. The smallest absolute Gasteiger partial charge is 0.378 e. The van der Waals surface area contributed by atoms with Crippen molar-refractivity contribution in [3.8, 4) is 28.6 Å². The van der Waals surface area contributed by atoms with Crippen molar-refractivity contribution in [2.24, 2.45) is 5.92 Å². The number of esters is 1. The maximum Gasteiger partial charge on any atom is 0.378 e. The number of carboxylic acids is 1. The quantitative estimate of drug-likeness (QED) is 0.0201. The Hall–Kier alpha value is -7.06. The number of hydroxylamine groups is 2. The predicted octanol–water partition coefficient (Wildman–Crippen LogP) is 3.89.